The van der Waals surface area contributed by atoms with Crippen LogP contribution in [-0.2, 0) is 0 Å². The van der Waals surface area contributed by atoms with Crippen molar-refractivity contribution >= 4 is 0 Å². The Morgan fingerprint density at radius 1 is 1.14 bits per heavy atom. The number of aliphatic hydroxyl groups excluding tert-OH is 2. The summed E-state index contributed by atoms with van der Waals surface area (Å²) in [5.41, 5.74) is 4.10. The number of hydrogen-bond acceptors (Lipinski definition) is 2. The number of aliphatic hydroxyl groups is 2. The fourth-order valence-corrected chi connectivity index (χ4v) is 6.57. The van der Waals surface area contributed by atoms with E-state index in [4.69, 9.17) is 0 Å². The molecule has 1 saturated carbocycles. The molecule has 0 aromatic rings. The summed E-state index contributed by atoms with van der Waals surface area (Å²) in [6.07, 6.45) is 16.5. The van der Waals surface area contributed by atoms with Gasteiger partial charge in [-0.3, -0.25) is 0 Å². The van der Waals surface area contributed by atoms with Crippen LogP contribution in [0.5, 0.6) is 0 Å². The molecule has 3 aliphatic rings. The van der Waals surface area contributed by atoms with Crippen molar-refractivity contribution < 1.29 is 10.2 Å². The summed E-state index contributed by atoms with van der Waals surface area (Å²) >= 11 is 0. The highest BCUT2D eigenvalue weighted by atomic mass is 16.3. The standard InChI is InChI=1S/C27H44O2/c1-18(2)8-6-9-19(3)24-13-14-25-21(10-7-15-27(24,25)5)11-12-22-16-23(28)17-26(29)20(22)4/h10-12,18-19,23-26,28-29H,6-9,13-17H2,1-5H3/b12-11-/t19-,23-,24?,25+,26+,27-/m1/s1. The van der Waals surface area contributed by atoms with Gasteiger partial charge in [-0.15, -0.1) is 0 Å². The van der Waals surface area contributed by atoms with Crippen LogP contribution < -0.4 is 0 Å². The number of rotatable bonds is 7. The third-order valence-corrected chi connectivity index (χ3v) is 8.44. The minimum absolute atomic E-state index is 0.415. The SMILES string of the molecule is CC1=C(/C=C\C2=CCC[C@]3(C)C([C@H](C)CCCC(C)C)CC[C@@H]23)C[C@@H](O)C[C@@H]1O. The van der Waals surface area contributed by atoms with Crippen LogP contribution >= 0.6 is 0 Å². The molecule has 0 heterocycles. The zero-order valence-corrected chi connectivity index (χ0v) is 19.5. The van der Waals surface area contributed by atoms with Gasteiger partial charge in [0.15, 0.2) is 0 Å². The van der Waals surface area contributed by atoms with Crippen LogP contribution in [0.25, 0.3) is 0 Å². The maximum absolute atomic E-state index is 10.2. The van der Waals surface area contributed by atoms with Gasteiger partial charge in [-0.1, -0.05) is 65.2 Å². The van der Waals surface area contributed by atoms with Crippen LogP contribution in [-0.4, -0.2) is 22.4 Å². The predicted octanol–water partition coefficient (Wildman–Crippen LogP) is 6.59. The lowest BCUT2D eigenvalue weighted by Gasteiger charge is -2.43. The average Bonchev–Trinajstić information content (AvgIpc) is 3.00. The Morgan fingerprint density at radius 3 is 2.62 bits per heavy atom. The summed E-state index contributed by atoms with van der Waals surface area (Å²) in [5, 5.41) is 20.2. The molecule has 1 unspecified atom stereocenters. The van der Waals surface area contributed by atoms with E-state index in [-0.39, 0.29) is 0 Å². The predicted molar refractivity (Wildman–Crippen MR) is 123 cm³/mol. The van der Waals surface area contributed by atoms with Crippen molar-refractivity contribution in [1.29, 1.82) is 0 Å². The lowest BCUT2D eigenvalue weighted by atomic mass is 9.62. The van der Waals surface area contributed by atoms with Gasteiger partial charge in [-0.25, -0.2) is 0 Å². The summed E-state index contributed by atoms with van der Waals surface area (Å²) in [7, 11) is 0. The lowest BCUT2D eigenvalue weighted by Crippen LogP contribution is -2.35. The van der Waals surface area contributed by atoms with Gasteiger partial charge in [-0.2, -0.15) is 0 Å². The molecule has 0 saturated heterocycles. The summed E-state index contributed by atoms with van der Waals surface area (Å²) in [5.74, 6) is 3.15. The van der Waals surface area contributed by atoms with Gasteiger partial charge in [0, 0.05) is 6.42 Å². The monoisotopic (exact) mass is 400 g/mol. The van der Waals surface area contributed by atoms with Crippen molar-refractivity contribution in [2.45, 2.75) is 105 Å². The first-order chi connectivity index (χ1) is 13.7. The van der Waals surface area contributed by atoms with Gasteiger partial charge in [0.05, 0.1) is 12.2 Å². The molecule has 0 radical (unpaired) electrons. The highest BCUT2D eigenvalue weighted by molar-refractivity contribution is 5.37. The van der Waals surface area contributed by atoms with E-state index in [1.807, 2.05) is 6.92 Å². The van der Waals surface area contributed by atoms with Crippen molar-refractivity contribution in [3.05, 3.63) is 34.9 Å². The number of allylic oxidation sites excluding steroid dienone is 4. The Bertz CT molecular complexity index is 655. The van der Waals surface area contributed by atoms with E-state index in [0.29, 0.717) is 24.2 Å². The zero-order valence-electron chi connectivity index (χ0n) is 19.5. The van der Waals surface area contributed by atoms with E-state index < -0.39 is 12.2 Å². The van der Waals surface area contributed by atoms with E-state index in [1.165, 1.54) is 50.5 Å². The third kappa shape index (κ3) is 5.07. The first-order valence-electron chi connectivity index (χ1n) is 12.2. The third-order valence-electron chi connectivity index (χ3n) is 8.44. The molecular formula is C27H44O2. The van der Waals surface area contributed by atoms with Crippen LogP contribution in [0.15, 0.2) is 34.9 Å². The molecule has 2 nitrogen and oxygen atoms in total. The molecule has 0 spiro atoms. The largest absolute Gasteiger partial charge is 0.393 e. The van der Waals surface area contributed by atoms with E-state index in [2.05, 4.69) is 45.9 Å². The molecule has 0 aromatic carbocycles. The average molecular weight is 401 g/mol. The van der Waals surface area contributed by atoms with Crippen molar-refractivity contribution in [1.82, 2.24) is 0 Å². The van der Waals surface area contributed by atoms with Crippen LogP contribution in [0.3, 0.4) is 0 Å². The second-order valence-corrected chi connectivity index (χ2v) is 10.9. The van der Waals surface area contributed by atoms with Gasteiger partial charge in [-0.05, 0) is 84.8 Å². The second kappa shape index (κ2) is 9.52. The van der Waals surface area contributed by atoms with Crippen LogP contribution in [0.1, 0.15) is 92.4 Å². The van der Waals surface area contributed by atoms with Crippen LogP contribution in [0, 0.1) is 29.1 Å². The summed E-state index contributed by atoms with van der Waals surface area (Å²) in [6.45, 7) is 11.8. The first kappa shape index (κ1) is 22.8. The molecule has 29 heavy (non-hydrogen) atoms. The second-order valence-electron chi connectivity index (χ2n) is 10.9. The normalized spacial score (nSPS) is 36.6. The molecule has 3 aliphatic carbocycles. The maximum atomic E-state index is 10.2. The van der Waals surface area contributed by atoms with E-state index >= 15 is 0 Å². The quantitative estimate of drug-likeness (QED) is 0.506. The van der Waals surface area contributed by atoms with Crippen molar-refractivity contribution in [2.75, 3.05) is 0 Å². The van der Waals surface area contributed by atoms with Crippen LogP contribution in [0.4, 0.5) is 0 Å². The molecule has 2 N–H and O–H groups in total. The van der Waals surface area contributed by atoms with Crippen LogP contribution in [0.2, 0.25) is 0 Å². The Kier molecular flexibility index (Phi) is 7.49. The first-order valence-corrected chi connectivity index (χ1v) is 12.2. The fraction of sp³-hybridized carbons (Fsp3) is 0.778. The van der Waals surface area contributed by atoms with E-state index in [1.54, 1.807) is 0 Å². The van der Waals surface area contributed by atoms with Gasteiger partial charge in [0.2, 0.25) is 0 Å². The molecule has 0 amide bonds. The molecular weight excluding hydrogens is 356 g/mol. The Morgan fingerprint density at radius 2 is 1.90 bits per heavy atom. The van der Waals surface area contributed by atoms with Gasteiger partial charge in [0.25, 0.3) is 0 Å². The summed E-state index contributed by atoms with van der Waals surface area (Å²) < 4.78 is 0. The maximum Gasteiger partial charge on any atom is 0.0777 e. The number of fused-ring (bicyclic) bond motifs is 1. The molecule has 1 fully saturated rings. The Labute approximate surface area is 179 Å². The van der Waals surface area contributed by atoms with Crippen molar-refractivity contribution in [3.8, 4) is 0 Å². The molecule has 164 valence electrons. The minimum Gasteiger partial charge on any atom is -0.393 e. The van der Waals surface area contributed by atoms with Gasteiger partial charge >= 0.3 is 0 Å². The topological polar surface area (TPSA) is 40.5 Å². The molecule has 0 aromatic heterocycles. The Hall–Kier alpha value is -0.860. The Balaban J connectivity index is 1.69. The van der Waals surface area contributed by atoms with Crippen molar-refractivity contribution in [3.63, 3.8) is 0 Å². The fourth-order valence-electron chi connectivity index (χ4n) is 6.57. The smallest absolute Gasteiger partial charge is 0.0777 e. The van der Waals surface area contributed by atoms with E-state index in [9.17, 15) is 10.2 Å². The molecule has 0 bridgehead atoms. The highest BCUT2D eigenvalue weighted by Gasteiger charge is 2.49. The molecule has 0 aliphatic heterocycles. The lowest BCUT2D eigenvalue weighted by molar-refractivity contribution is 0.0878. The van der Waals surface area contributed by atoms with E-state index in [0.717, 1.165) is 28.9 Å². The minimum atomic E-state index is -0.494. The summed E-state index contributed by atoms with van der Waals surface area (Å²) in [4.78, 5) is 0. The number of hydrogen-bond donors (Lipinski definition) is 2. The molecule has 3 rings (SSSR count). The van der Waals surface area contributed by atoms with Crippen molar-refractivity contribution in [2.24, 2.45) is 29.1 Å². The zero-order chi connectivity index (χ0) is 21.2. The molecule has 2 heteroatoms. The highest BCUT2D eigenvalue weighted by Crippen LogP contribution is 2.58. The summed E-state index contributed by atoms with van der Waals surface area (Å²) in [6, 6.07) is 0. The molecule has 6 atom stereocenters. The van der Waals surface area contributed by atoms with Gasteiger partial charge < -0.3 is 10.2 Å². The van der Waals surface area contributed by atoms with Gasteiger partial charge in [0.1, 0.15) is 0 Å².